The number of nitro benzene ring substituents is 2. The zero-order valence-electron chi connectivity index (χ0n) is 37.7. The van der Waals surface area contributed by atoms with Gasteiger partial charge in [-0.25, -0.2) is 0 Å². The van der Waals surface area contributed by atoms with E-state index in [-0.39, 0.29) is 42.8 Å². The largest absolute Gasteiger partial charge is 0.463 e. The number of non-ortho nitro benzene ring substituents is 1. The number of nitrogens with one attached hydrogen (secondary N) is 1. The second-order valence-electron chi connectivity index (χ2n) is 14.6. The molecule has 0 heterocycles. The van der Waals surface area contributed by atoms with Crippen LogP contribution in [0.3, 0.4) is 0 Å². The monoisotopic (exact) mass is 890 g/mol. The molecule has 62 heavy (non-hydrogen) atoms. The highest BCUT2D eigenvalue weighted by Crippen LogP contribution is 2.28. The van der Waals surface area contributed by atoms with Crippen LogP contribution in [0.4, 0.5) is 17.1 Å². The third-order valence-corrected chi connectivity index (χ3v) is 9.40. The first kappa shape index (κ1) is 56.9. The van der Waals surface area contributed by atoms with Gasteiger partial charge in [-0.05, 0) is 12.5 Å². The van der Waals surface area contributed by atoms with Gasteiger partial charge in [0.1, 0.15) is 12.3 Å². The van der Waals surface area contributed by atoms with E-state index >= 15 is 0 Å². The number of rotatable bonds is 49. The van der Waals surface area contributed by atoms with Crippen molar-refractivity contribution in [1.29, 1.82) is 0 Å². The summed E-state index contributed by atoms with van der Waals surface area (Å²) in [5, 5.41) is 24.9. The van der Waals surface area contributed by atoms with Crippen LogP contribution in [0.15, 0.2) is 18.2 Å². The number of nitrogens with zero attached hydrogens (tertiary/aromatic N) is 2. The van der Waals surface area contributed by atoms with Gasteiger partial charge < -0.3 is 52.7 Å². The lowest BCUT2D eigenvalue weighted by Gasteiger charge is -2.09. The minimum Gasteiger partial charge on any atom is -0.463 e. The lowest BCUT2D eigenvalue weighted by molar-refractivity contribution is -0.393. The zero-order valence-corrected chi connectivity index (χ0v) is 37.7. The van der Waals surface area contributed by atoms with Crippen LogP contribution in [-0.2, 0) is 52.2 Å². The molecule has 0 aromatic heterocycles. The second kappa shape index (κ2) is 44.5. The summed E-state index contributed by atoms with van der Waals surface area (Å²) in [6, 6.07) is 3.43. The van der Waals surface area contributed by atoms with Crippen LogP contribution in [0.25, 0.3) is 0 Å². The molecule has 18 heteroatoms. The van der Waals surface area contributed by atoms with Gasteiger partial charge in [0.25, 0.3) is 11.4 Å². The van der Waals surface area contributed by atoms with Crippen molar-refractivity contribution >= 4 is 23.0 Å². The van der Waals surface area contributed by atoms with Gasteiger partial charge >= 0.3 is 5.97 Å². The molecule has 1 aromatic rings. The molecule has 0 saturated carbocycles. The van der Waals surface area contributed by atoms with E-state index in [4.69, 9.17) is 47.4 Å². The van der Waals surface area contributed by atoms with Gasteiger partial charge in [-0.1, -0.05) is 96.8 Å². The minimum absolute atomic E-state index is 0.144. The van der Waals surface area contributed by atoms with Crippen LogP contribution < -0.4 is 5.32 Å². The van der Waals surface area contributed by atoms with Crippen molar-refractivity contribution in [2.75, 3.05) is 137 Å². The summed E-state index contributed by atoms with van der Waals surface area (Å²) in [6.45, 7) is 10.4. The van der Waals surface area contributed by atoms with Crippen molar-refractivity contribution in [2.24, 2.45) is 0 Å². The smallest absolute Gasteiger partial charge is 0.305 e. The minimum atomic E-state index is -0.680. The van der Waals surface area contributed by atoms with Crippen LogP contribution in [0.1, 0.15) is 110 Å². The van der Waals surface area contributed by atoms with E-state index < -0.39 is 9.85 Å². The van der Waals surface area contributed by atoms with E-state index in [1.807, 2.05) is 0 Å². The molecule has 0 amide bonds. The maximum Gasteiger partial charge on any atom is 0.305 e. The highest BCUT2D eigenvalue weighted by Gasteiger charge is 2.19. The van der Waals surface area contributed by atoms with Gasteiger partial charge in [0.05, 0.1) is 135 Å². The number of carbonyl (C=O) groups is 1. The van der Waals surface area contributed by atoms with Crippen molar-refractivity contribution in [2.45, 2.75) is 110 Å². The molecule has 0 radical (unpaired) electrons. The van der Waals surface area contributed by atoms with E-state index in [0.717, 1.165) is 18.9 Å². The Kier molecular flexibility index (Phi) is 40.9. The highest BCUT2D eigenvalue weighted by molar-refractivity contribution is 5.69. The highest BCUT2D eigenvalue weighted by atomic mass is 16.6. The quantitative estimate of drug-likeness (QED) is 0.0286. The van der Waals surface area contributed by atoms with Gasteiger partial charge in [-0.15, -0.1) is 0 Å². The van der Waals surface area contributed by atoms with Crippen molar-refractivity contribution < 1.29 is 62.0 Å². The number of hydrogen-bond acceptors (Lipinski definition) is 16. The van der Waals surface area contributed by atoms with E-state index in [0.29, 0.717) is 119 Å². The van der Waals surface area contributed by atoms with E-state index in [1.54, 1.807) is 0 Å². The van der Waals surface area contributed by atoms with E-state index in [2.05, 4.69) is 12.2 Å². The molecule has 0 fully saturated rings. The molecule has 0 aliphatic heterocycles. The molecule has 0 unspecified atom stereocenters. The number of anilines is 1. The van der Waals surface area contributed by atoms with Crippen LogP contribution in [0.5, 0.6) is 0 Å². The van der Waals surface area contributed by atoms with Crippen LogP contribution >= 0.6 is 0 Å². The number of nitro groups is 2. The fourth-order valence-corrected chi connectivity index (χ4v) is 5.98. The predicted octanol–water partition coefficient (Wildman–Crippen LogP) is 7.87. The normalized spacial score (nSPS) is 11.3. The van der Waals surface area contributed by atoms with Crippen molar-refractivity contribution in [3.05, 3.63) is 38.4 Å². The summed E-state index contributed by atoms with van der Waals surface area (Å²) in [7, 11) is 0. The number of ether oxygens (including phenoxy) is 10. The first-order valence-electron chi connectivity index (χ1n) is 23.0. The summed E-state index contributed by atoms with van der Waals surface area (Å²) in [4.78, 5) is 32.6. The Hall–Kier alpha value is -3.07. The van der Waals surface area contributed by atoms with Gasteiger partial charge in [0.15, 0.2) is 0 Å². The van der Waals surface area contributed by atoms with Crippen molar-refractivity contribution in [3.63, 3.8) is 0 Å². The lowest BCUT2D eigenvalue weighted by Crippen LogP contribution is -2.16. The molecule has 0 spiro atoms. The Balaban J connectivity index is 1.70. The van der Waals surface area contributed by atoms with Crippen LogP contribution in [0.2, 0.25) is 0 Å². The summed E-state index contributed by atoms with van der Waals surface area (Å²) < 4.78 is 54.5. The first-order valence-corrected chi connectivity index (χ1v) is 23.0. The zero-order chi connectivity index (χ0) is 44.8. The Morgan fingerprint density at radius 3 is 1.16 bits per heavy atom. The Labute approximate surface area is 369 Å². The number of esters is 1. The van der Waals surface area contributed by atoms with Gasteiger partial charge in [0, 0.05) is 19.0 Å². The number of unbranched alkanes of at least 4 members (excludes halogenated alkanes) is 14. The van der Waals surface area contributed by atoms with Crippen LogP contribution in [-0.4, -0.2) is 148 Å². The average molecular weight is 890 g/mol. The Morgan fingerprint density at radius 1 is 0.468 bits per heavy atom. The maximum absolute atomic E-state index is 11.9. The molecule has 18 nitrogen and oxygen atoms in total. The summed E-state index contributed by atoms with van der Waals surface area (Å²) >= 11 is 0. The third-order valence-electron chi connectivity index (χ3n) is 9.40. The fourth-order valence-electron chi connectivity index (χ4n) is 5.98. The predicted molar refractivity (Wildman–Crippen MR) is 236 cm³/mol. The van der Waals surface area contributed by atoms with Gasteiger partial charge in [0.2, 0.25) is 0 Å². The topological polar surface area (TPSA) is 208 Å². The standard InChI is InChI=1S/C44H79N3O15/c1-2-3-4-5-6-7-8-9-10-11-12-13-14-15-16-17-44(48)62-39-38-61-37-36-60-35-34-59-33-32-58-31-30-57-29-28-56-27-26-55-25-24-54-23-22-53-21-20-45-42-19-18-41(46(49)50)40-43(42)47(51)52/h18-19,40,45H,2-17,20-39H2,1H3. The summed E-state index contributed by atoms with van der Waals surface area (Å²) in [5.74, 6) is -0.144. The van der Waals surface area contributed by atoms with E-state index in [9.17, 15) is 25.0 Å². The summed E-state index contributed by atoms with van der Waals surface area (Å²) in [6.07, 6.45) is 20.1. The van der Waals surface area contributed by atoms with Gasteiger partial charge in [-0.2, -0.15) is 0 Å². The molecular weight excluding hydrogens is 810 g/mol. The van der Waals surface area contributed by atoms with Crippen molar-refractivity contribution in [1.82, 2.24) is 0 Å². The molecular formula is C44H79N3O15. The molecule has 0 bridgehead atoms. The fraction of sp³-hybridized carbons (Fsp3) is 0.841. The molecule has 0 atom stereocenters. The molecule has 1 rings (SSSR count). The molecule has 0 aliphatic rings. The molecule has 1 aromatic carbocycles. The maximum atomic E-state index is 11.9. The average Bonchev–Trinajstić information content (AvgIpc) is 3.26. The Bertz CT molecular complexity index is 1200. The number of carbonyl (C=O) groups excluding carboxylic acids is 1. The third kappa shape index (κ3) is 37.5. The summed E-state index contributed by atoms with van der Waals surface area (Å²) in [5.41, 5.74) is -0.530. The number of benzene rings is 1. The van der Waals surface area contributed by atoms with Gasteiger partial charge in [-0.3, -0.25) is 25.0 Å². The molecule has 0 aliphatic carbocycles. The Morgan fingerprint density at radius 2 is 0.806 bits per heavy atom. The first-order chi connectivity index (χ1) is 30.5. The molecule has 0 saturated heterocycles. The lowest BCUT2D eigenvalue weighted by atomic mass is 10.0. The van der Waals surface area contributed by atoms with Crippen LogP contribution in [0, 0.1) is 20.2 Å². The number of hydrogen-bond donors (Lipinski definition) is 1. The molecule has 360 valence electrons. The van der Waals surface area contributed by atoms with Crippen molar-refractivity contribution in [3.8, 4) is 0 Å². The SMILES string of the molecule is CCCCCCCCCCCCCCCCCC(=O)OCCOCCOCCOCCOCCOCCOCCOCCOCCOCCNc1ccc([N+](=O)[O-])cc1[N+](=O)[O-]. The second-order valence-corrected chi connectivity index (χ2v) is 14.6. The van der Waals surface area contributed by atoms with E-state index in [1.165, 1.54) is 95.6 Å². The molecule has 1 N–H and O–H groups in total.